The van der Waals surface area contributed by atoms with Crippen LogP contribution < -0.4 is 0 Å². The first kappa shape index (κ1) is 20.4. The third-order valence-corrected chi connectivity index (χ3v) is 6.55. The van der Waals surface area contributed by atoms with Gasteiger partial charge in [0.15, 0.2) is 0 Å². The Balaban J connectivity index is 2.41. The van der Waals surface area contributed by atoms with E-state index in [1.54, 1.807) is 6.08 Å². The highest BCUT2D eigenvalue weighted by atomic mass is 16.4. The van der Waals surface area contributed by atoms with Crippen LogP contribution in [0, 0.1) is 22.7 Å². The second kappa shape index (κ2) is 7.37. The highest BCUT2D eigenvalue weighted by Crippen LogP contribution is 2.61. The van der Waals surface area contributed by atoms with Gasteiger partial charge in [-0.3, -0.25) is 0 Å². The molecule has 0 amide bonds. The molecule has 2 aliphatic carbocycles. The Kier molecular flexibility index (Phi) is 5.78. The Hall–Kier alpha value is -1.92. The van der Waals surface area contributed by atoms with Crippen molar-refractivity contribution in [2.75, 3.05) is 6.61 Å². The largest absolute Gasteiger partial charge is 0.478 e. The average molecular weight is 364 g/mol. The molecule has 0 aromatic heterocycles. The number of allylic oxidation sites excluding steroid dienone is 2. The van der Waals surface area contributed by atoms with Crippen molar-refractivity contribution in [1.82, 2.24) is 0 Å². The minimum Gasteiger partial charge on any atom is -0.478 e. The monoisotopic (exact) mass is 364 g/mol. The highest BCUT2D eigenvalue weighted by Gasteiger charge is 2.57. The van der Waals surface area contributed by atoms with Crippen LogP contribution in [0.2, 0.25) is 0 Å². The van der Waals surface area contributed by atoms with E-state index in [4.69, 9.17) is 5.11 Å². The van der Waals surface area contributed by atoms with Crippen molar-refractivity contribution in [1.29, 1.82) is 0 Å². The SMILES string of the molecule is C=C1CC[C@H]2[C@@](C)(CCC(O)[C@@]2(C)CO)[C@@H]1/C=C/C(=C\C(=O)O)C(=O)O. The van der Waals surface area contributed by atoms with Crippen LogP contribution in [0.1, 0.15) is 39.5 Å². The van der Waals surface area contributed by atoms with E-state index in [9.17, 15) is 24.9 Å². The maximum Gasteiger partial charge on any atom is 0.335 e. The molecule has 0 bridgehead atoms. The van der Waals surface area contributed by atoms with Crippen molar-refractivity contribution in [3.63, 3.8) is 0 Å². The lowest BCUT2D eigenvalue weighted by Crippen LogP contribution is -2.57. The molecule has 4 N–H and O–H groups in total. The quantitative estimate of drug-likeness (QED) is 0.338. The number of aliphatic hydroxyl groups is 2. The summed E-state index contributed by atoms with van der Waals surface area (Å²) in [5.74, 6) is -2.70. The zero-order valence-electron chi connectivity index (χ0n) is 15.3. The van der Waals surface area contributed by atoms with Crippen molar-refractivity contribution < 1.29 is 30.0 Å². The number of fused-ring (bicyclic) bond motifs is 1. The molecular formula is C20H28O6. The van der Waals surface area contributed by atoms with Crippen molar-refractivity contribution in [2.24, 2.45) is 22.7 Å². The lowest BCUT2D eigenvalue weighted by Gasteiger charge is -2.59. The van der Waals surface area contributed by atoms with Gasteiger partial charge in [-0.2, -0.15) is 0 Å². The predicted octanol–water partition coefficient (Wildman–Crippen LogP) is 2.38. The Bertz CT molecular complexity index is 663. The topological polar surface area (TPSA) is 115 Å². The van der Waals surface area contributed by atoms with E-state index in [0.717, 1.165) is 24.8 Å². The standard InChI is InChI=1S/C20H28O6/c1-12-4-7-15-19(2,9-8-16(22)20(15,3)11-21)14(12)6-5-13(18(25)26)10-17(23)24/h5-6,10,14-16,21-22H,1,4,7-9,11H2,2-3H3,(H,23,24)(H,25,26)/b6-5+,13-10+/t14-,15+,16?,19+,20+/m1/s1. The van der Waals surface area contributed by atoms with E-state index in [0.29, 0.717) is 12.5 Å². The number of hydrogen-bond donors (Lipinski definition) is 4. The summed E-state index contributed by atoms with van der Waals surface area (Å²) in [5.41, 5.74) is -0.227. The summed E-state index contributed by atoms with van der Waals surface area (Å²) in [6, 6.07) is 0. The van der Waals surface area contributed by atoms with E-state index in [-0.39, 0.29) is 29.4 Å². The molecule has 6 nitrogen and oxygen atoms in total. The maximum atomic E-state index is 11.3. The summed E-state index contributed by atoms with van der Waals surface area (Å²) in [6.45, 7) is 8.03. The molecule has 0 aliphatic heterocycles. The van der Waals surface area contributed by atoms with Crippen LogP contribution >= 0.6 is 0 Å². The smallest absolute Gasteiger partial charge is 0.335 e. The number of carboxylic acid groups (broad SMARTS) is 2. The van der Waals surface area contributed by atoms with E-state index in [1.165, 1.54) is 6.08 Å². The van der Waals surface area contributed by atoms with Crippen LogP contribution in [0.4, 0.5) is 0 Å². The van der Waals surface area contributed by atoms with Crippen LogP contribution in [0.15, 0.2) is 36.0 Å². The maximum absolute atomic E-state index is 11.3. The fourth-order valence-corrected chi connectivity index (χ4v) is 5.01. The number of hydrogen-bond acceptors (Lipinski definition) is 4. The van der Waals surface area contributed by atoms with E-state index < -0.39 is 23.5 Å². The number of carbonyl (C=O) groups is 2. The number of aliphatic hydroxyl groups excluding tert-OH is 2. The van der Waals surface area contributed by atoms with Crippen molar-refractivity contribution in [3.8, 4) is 0 Å². The molecule has 1 unspecified atom stereocenters. The minimum absolute atomic E-state index is 0.0561. The number of aliphatic carboxylic acids is 2. The van der Waals surface area contributed by atoms with Gasteiger partial charge in [0.25, 0.3) is 0 Å². The molecule has 6 heteroatoms. The third kappa shape index (κ3) is 3.48. The molecule has 144 valence electrons. The van der Waals surface area contributed by atoms with Crippen molar-refractivity contribution in [3.05, 3.63) is 36.0 Å². The van der Waals surface area contributed by atoms with Gasteiger partial charge < -0.3 is 20.4 Å². The summed E-state index contributed by atoms with van der Waals surface area (Å²) < 4.78 is 0. The van der Waals surface area contributed by atoms with Gasteiger partial charge in [-0.1, -0.05) is 38.2 Å². The highest BCUT2D eigenvalue weighted by molar-refractivity contribution is 5.97. The second-order valence-corrected chi connectivity index (χ2v) is 8.05. The van der Waals surface area contributed by atoms with Crippen molar-refractivity contribution in [2.45, 2.75) is 45.6 Å². The van der Waals surface area contributed by atoms with Crippen LogP contribution in [0.3, 0.4) is 0 Å². The molecule has 26 heavy (non-hydrogen) atoms. The number of carboxylic acids is 2. The van der Waals surface area contributed by atoms with Gasteiger partial charge in [0.1, 0.15) is 0 Å². The molecule has 2 fully saturated rings. The zero-order valence-corrected chi connectivity index (χ0v) is 15.3. The van der Waals surface area contributed by atoms with Crippen LogP contribution in [-0.4, -0.2) is 45.1 Å². The van der Waals surface area contributed by atoms with Gasteiger partial charge in [-0.05, 0) is 37.0 Å². The van der Waals surface area contributed by atoms with Gasteiger partial charge in [0.2, 0.25) is 0 Å². The Morgan fingerprint density at radius 1 is 1.27 bits per heavy atom. The molecule has 0 spiro atoms. The van der Waals surface area contributed by atoms with Crippen LogP contribution in [0.25, 0.3) is 0 Å². The van der Waals surface area contributed by atoms with Crippen LogP contribution in [-0.2, 0) is 9.59 Å². The zero-order chi connectivity index (χ0) is 19.7. The van der Waals surface area contributed by atoms with E-state index in [1.807, 2.05) is 6.92 Å². The fraction of sp³-hybridized carbons (Fsp3) is 0.600. The molecule has 0 aromatic rings. The lowest BCUT2D eigenvalue weighted by molar-refractivity contribution is -0.145. The first-order chi connectivity index (χ1) is 12.1. The molecule has 2 saturated carbocycles. The summed E-state index contributed by atoms with van der Waals surface area (Å²) in [5, 5.41) is 38.5. The molecule has 0 radical (unpaired) electrons. The first-order valence-electron chi connectivity index (χ1n) is 8.89. The van der Waals surface area contributed by atoms with Gasteiger partial charge >= 0.3 is 11.9 Å². The fourth-order valence-electron chi connectivity index (χ4n) is 5.01. The van der Waals surface area contributed by atoms with Gasteiger partial charge in [-0.25, -0.2) is 9.59 Å². The van der Waals surface area contributed by atoms with Gasteiger partial charge in [-0.15, -0.1) is 0 Å². The molecular weight excluding hydrogens is 336 g/mol. The first-order valence-corrected chi connectivity index (χ1v) is 8.89. The van der Waals surface area contributed by atoms with E-state index >= 15 is 0 Å². The Morgan fingerprint density at radius 2 is 1.92 bits per heavy atom. The van der Waals surface area contributed by atoms with Crippen molar-refractivity contribution >= 4 is 11.9 Å². The molecule has 0 saturated heterocycles. The Morgan fingerprint density at radius 3 is 2.46 bits per heavy atom. The molecule has 0 heterocycles. The summed E-state index contributed by atoms with van der Waals surface area (Å²) >= 11 is 0. The Labute approximate surface area is 153 Å². The predicted molar refractivity (Wildman–Crippen MR) is 96.4 cm³/mol. The molecule has 2 aliphatic rings. The van der Waals surface area contributed by atoms with E-state index in [2.05, 4.69) is 13.5 Å². The normalized spacial score (nSPS) is 38.2. The number of rotatable bonds is 5. The average Bonchev–Trinajstić information content (AvgIpc) is 2.56. The molecule has 2 rings (SSSR count). The van der Waals surface area contributed by atoms with Crippen LogP contribution in [0.5, 0.6) is 0 Å². The van der Waals surface area contributed by atoms with Gasteiger partial charge in [0, 0.05) is 17.4 Å². The summed E-state index contributed by atoms with van der Waals surface area (Å²) in [7, 11) is 0. The summed E-state index contributed by atoms with van der Waals surface area (Å²) in [4.78, 5) is 22.1. The minimum atomic E-state index is -1.31. The summed E-state index contributed by atoms with van der Waals surface area (Å²) in [6.07, 6.45) is 5.97. The molecule has 5 atom stereocenters. The third-order valence-electron chi connectivity index (χ3n) is 6.55. The molecule has 0 aromatic carbocycles. The van der Waals surface area contributed by atoms with Gasteiger partial charge in [0.05, 0.1) is 18.3 Å². The second-order valence-electron chi connectivity index (χ2n) is 8.05. The lowest BCUT2D eigenvalue weighted by atomic mass is 9.46.